The van der Waals surface area contributed by atoms with Crippen LogP contribution < -0.4 is 14.4 Å². The molecule has 0 aliphatic heterocycles. The summed E-state index contributed by atoms with van der Waals surface area (Å²) < 4.78 is 10.5. The Hall–Kier alpha value is -1.91. The van der Waals surface area contributed by atoms with Crippen LogP contribution in [0.4, 0.5) is 5.69 Å². The fourth-order valence-electron chi connectivity index (χ4n) is 1.97. The van der Waals surface area contributed by atoms with Gasteiger partial charge < -0.3 is 19.5 Å². The minimum absolute atomic E-state index is 0.177. The number of hydrogen-bond acceptors (Lipinski definition) is 4. The van der Waals surface area contributed by atoms with E-state index in [0.717, 1.165) is 11.3 Å². The highest BCUT2D eigenvalue weighted by atomic mass is 16.5. The van der Waals surface area contributed by atoms with Crippen molar-refractivity contribution in [3.05, 3.63) is 17.7 Å². The lowest BCUT2D eigenvalue weighted by Crippen LogP contribution is -2.20. The molecule has 0 amide bonds. The van der Waals surface area contributed by atoms with Gasteiger partial charge in [0.1, 0.15) is 0 Å². The van der Waals surface area contributed by atoms with Crippen LogP contribution in [0, 0.1) is 6.92 Å². The SMILES string of the molecule is COc1cc(C)c(N(C)CCCC(=O)O)cc1OC. The molecule has 1 N–H and O–H groups in total. The Morgan fingerprint density at radius 1 is 1.26 bits per heavy atom. The molecule has 5 heteroatoms. The van der Waals surface area contributed by atoms with Gasteiger partial charge in [-0.15, -0.1) is 0 Å². The van der Waals surface area contributed by atoms with Crippen molar-refractivity contribution in [2.75, 3.05) is 32.7 Å². The summed E-state index contributed by atoms with van der Waals surface area (Å²) in [4.78, 5) is 12.5. The lowest BCUT2D eigenvalue weighted by molar-refractivity contribution is -0.137. The number of carboxylic acid groups (broad SMARTS) is 1. The molecule has 1 aromatic rings. The molecule has 0 heterocycles. The van der Waals surface area contributed by atoms with Crippen molar-refractivity contribution in [1.82, 2.24) is 0 Å². The van der Waals surface area contributed by atoms with E-state index < -0.39 is 5.97 Å². The summed E-state index contributed by atoms with van der Waals surface area (Å²) in [7, 11) is 5.14. The van der Waals surface area contributed by atoms with Crippen LogP contribution in [-0.2, 0) is 4.79 Å². The van der Waals surface area contributed by atoms with Gasteiger partial charge >= 0.3 is 5.97 Å². The van der Waals surface area contributed by atoms with Crippen LogP contribution in [0.15, 0.2) is 12.1 Å². The van der Waals surface area contributed by atoms with Crippen molar-refractivity contribution < 1.29 is 19.4 Å². The highest BCUT2D eigenvalue weighted by molar-refractivity contribution is 5.67. The third-order valence-electron chi connectivity index (χ3n) is 3.00. The van der Waals surface area contributed by atoms with Gasteiger partial charge in [0, 0.05) is 31.8 Å². The second-order valence-corrected chi connectivity index (χ2v) is 4.41. The number of aliphatic carboxylic acids is 1. The van der Waals surface area contributed by atoms with Crippen molar-refractivity contribution in [2.24, 2.45) is 0 Å². The maximum Gasteiger partial charge on any atom is 0.303 e. The molecular weight excluding hydrogens is 246 g/mol. The Kier molecular flexibility index (Phi) is 5.48. The topological polar surface area (TPSA) is 59.0 Å². The third-order valence-corrected chi connectivity index (χ3v) is 3.00. The van der Waals surface area contributed by atoms with E-state index in [0.29, 0.717) is 24.5 Å². The van der Waals surface area contributed by atoms with Crippen molar-refractivity contribution in [2.45, 2.75) is 19.8 Å². The second kappa shape index (κ2) is 6.87. The van der Waals surface area contributed by atoms with E-state index in [1.54, 1.807) is 14.2 Å². The molecule has 1 aromatic carbocycles. The summed E-state index contributed by atoms with van der Waals surface area (Å²) in [6.45, 7) is 2.67. The Morgan fingerprint density at radius 2 is 1.84 bits per heavy atom. The Labute approximate surface area is 113 Å². The molecule has 0 aliphatic carbocycles. The van der Waals surface area contributed by atoms with Crippen LogP contribution in [0.3, 0.4) is 0 Å². The molecule has 0 atom stereocenters. The molecule has 0 saturated heterocycles. The van der Waals surface area contributed by atoms with Gasteiger partial charge in [-0.2, -0.15) is 0 Å². The molecule has 0 radical (unpaired) electrons. The average molecular weight is 267 g/mol. The van der Waals surface area contributed by atoms with E-state index in [1.165, 1.54) is 0 Å². The van der Waals surface area contributed by atoms with Crippen LogP contribution >= 0.6 is 0 Å². The highest BCUT2D eigenvalue weighted by Gasteiger charge is 2.11. The normalized spacial score (nSPS) is 10.1. The van der Waals surface area contributed by atoms with Crippen LogP contribution in [-0.4, -0.2) is 38.9 Å². The van der Waals surface area contributed by atoms with Crippen LogP contribution in [0.25, 0.3) is 0 Å². The summed E-state index contributed by atoms with van der Waals surface area (Å²) >= 11 is 0. The summed E-state index contributed by atoms with van der Waals surface area (Å²) in [6, 6.07) is 3.83. The lowest BCUT2D eigenvalue weighted by Gasteiger charge is -2.22. The van der Waals surface area contributed by atoms with Gasteiger partial charge in [-0.25, -0.2) is 0 Å². The zero-order chi connectivity index (χ0) is 14.4. The maximum absolute atomic E-state index is 10.5. The predicted molar refractivity (Wildman–Crippen MR) is 74.4 cm³/mol. The number of methoxy groups -OCH3 is 2. The molecular formula is C14H21NO4. The van der Waals surface area contributed by atoms with Gasteiger partial charge in [0.2, 0.25) is 0 Å². The lowest BCUT2D eigenvalue weighted by atomic mass is 10.1. The molecule has 0 unspecified atom stereocenters. The molecule has 5 nitrogen and oxygen atoms in total. The minimum Gasteiger partial charge on any atom is -0.493 e. The molecule has 0 bridgehead atoms. The zero-order valence-corrected chi connectivity index (χ0v) is 11.9. The molecule has 19 heavy (non-hydrogen) atoms. The van der Waals surface area contributed by atoms with E-state index in [4.69, 9.17) is 14.6 Å². The minimum atomic E-state index is -0.766. The van der Waals surface area contributed by atoms with Crippen molar-refractivity contribution in [1.29, 1.82) is 0 Å². The maximum atomic E-state index is 10.5. The van der Waals surface area contributed by atoms with Gasteiger partial charge in [-0.1, -0.05) is 0 Å². The number of rotatable bonds is 7. The quantitative estimate of drug-likeness (QED) is 0.821. The summed E-state index contributed by atoms with van der Waals surface area (Å²) in [5.41, 5.74) is 2.08. The molecule has 0 spiro atoms. The number of ether oxygens (including phenoxy) is 2. The van der Waals surface area contributed by atoms with Crippen LogP contribution in [0.1, 0.15) is 18.4 Å². The number of carbonyl (C=O) groups is 1. The fourth-order valence-corrected chi connectivity index (χ4v) is 1.97. The van der Waals surface area contributed by atoms with E-state index in [2.05, 4.69) is 0 Å². The van der Waals surface area contributed by atoms with Gasteiger partial charge in [0.05, 0.1) is 14.2 Å². The molecule has 0 aromatic heterocycles. The number of aryl methyl sites for hydroxylation is 1. The molecule has 0 aliphatic rings. The monoisotopic (exact) mass is 267 g/mol. The predicted octanol–water partition coefficient (Wildman–Crippen LogP) is 2.31. The van der Waals surface area contributed by atoms with E-state index in [-0.39, 0.29) is 6.42 Å². The van der Waals surface area contributed by atoms with Crippen molar-refractivity contribution in [3.63, 3.8) is 0 Å². The van der Waals surface area contributed by atoms with Crippen LogP contribution in [0.2, 0.25) is 0 Å². The summed E-state index contributed by atoms with van der Waals surface area (Å²) in [5.74, 6) is 0.605. The Morgan fingerprint density at radius 3 is 2.37 bits per heavy atom. The molecule has 0 saturated carbocycles. The molecule has 106 valence electrons. The second-order valence-electron chi connectivity index (χ2n) is 4.41. The number of carboxylic acids is 1. The first kappa shape index (κ1) is 15.1. The molecule has 1 rings (SSSR count). The summed E-state index contributed by atoms with van der Waals surface area (Å²) in [5, 5.41) is 8.65. The first-order valence-corrected chi connectivity index (χ1v) is 6.15. The van der Waals surface area contributed by atoms with Gasteiger partial charge in [0.15, 0.2) is 11.5 Å². The fraction of sp³-hybridized carbons (Fsp3) is 0.500. The highest BCUT2D eigenvalue weighted by Crippen LogP contribution is 2.34. The summed E-state index contributed by atoms with van der Waals surface area (Å²) in [6.07, 6.45) is 0.788. The van der Waals surface area contributed by atoms with Gasteiger partial charge in [-0.3, -0.25) is 4.79 Å². The zero-order valence-electron chi connectivity index (χ0n) is 11.9. The van der Waals surface area contributed by atoms with Gasteiger partial charge in [-0.05, 0) is 25.0 Å². The van der Waals surface area contributed by atoms with Crippen LogP contribution in [0.5, 0.6) is 11.5 Å². The smallest absolute Gasteiger partial charge is 0.303 e. The van der Waals surface area contributed by atoms with Crippen molar-refractivity contribution >= 4 is 11.7 Å². The van der Waals surface area contributed by atoms with E-state index in [9.17, 15) is 4.79 Å². The van der Waals surface area contributed by atoms with E-state index >= 15 is 0 Å². The molecule has 0 fully saturated rings. The number of benzene rings is 1. The number of hydrogen-bond donors (Lipinski definition) is 1. The first-order chi connectivity index (χ1) is 8.99. The first-order valence-electron chi connectivity index (χ1n) is 6.15. The Balaban J connectivity index is 2.84. The number of nitrogens with zero attached hydrogens (tertiary/aromatic N) is 1. The van der Waals surface area contributed by atoms with E-state index in [1.807, 2.05) is 31.0 Å². The largest absolute Gasteiger partial charge is 0.493 e. The Bertz CT molecular complexity index is 445. The van der Waals surface area contributed by atoms with Gasteiger partial charge in [0.25, 0.3) is 0 Å². The van der Waals surface area contributed by atoms with Crippen molar-refractivity contribution in [3.8, 4) is 11.5 Å². The standard InChI is InChI=1S/C14H21NO4/c1-10-8-12(18-3)13(19-4)9-11(10)15(2)7-5-6-14(16)17/h8-9H,5-7H2,1-4H3,(H,16,17). The third kappa shape index (κ3) is 4.05. The number of anilines is 1. The average Bonchev–Trinajstić information content (AvgIpc) is 2.37.